The molecule has 0 fully saturated rings. The number of rotatable bonds is 8. The Labute approximate surface area is 263 Å². The number of hydrogen-bond acceptors (Lipinski definition) is 7. The molecule has 1 heterocycles. The number of nitrogens with two attached hydrogens (primary N) is 1. The van der Waals surface area contributed by atoms with Gasteiger partial charge in [-0.15, -0.1) is 4.31 Å². The minimum atomic E-state index is -4.42. The summed E-state index contributed by atoms with van der Waals surface area (Å²) < 4.78 is 38.6. The van der Waals surface area contributed by atoms with E-state index in [0.717, 1.165) is 22.4 Å². The molecule has 0 aliphatic carbocycles. The Morgan fingerprint density at radius 1 is 0.977 bits per heavy atom. The summed E-state index contributed by atoms with van der Waals surface area (Å²) in [6, 6.07) is 24.4. The Kier molecular flexibility index (Phi) is 9.96. The van der Waals surface area contributed by atoms with Gasteiger partial charge in [0.25, 0.3) is 10.0 Å². The zero-order valence-electron chi connectivity index (χ0n) is 25.2. The Morgan fingerprint density at radius 2 is 1.59 bits per heavy atom. The molecular formula is C33H35ClN4O5S. The molecule has 0 radical (unpaired) electrons. The van der Waals surface area contributed by atoms with E-state index in [1.807, 2.05) is 56.3 Å². The van der Waals surface area contributed by atoms with Gasteiger partial charge in [0.15, 0.2) is 0 Å². The molecule has 0 aliphatic heterocycles. The van der Waals surface area contributed by atoms with Crippen LogP contribution in [-0.2, 0) is 21.3 Å². The van der Waals surface area contributed by atoms with Crippen molar-refractivity contribution in [2.24, 2.45) is 10.7 Å². The lowest BCUT2D eigenvalue weighted by Crippen LogP contribution is -2.48. The highest BCUT2D eigenvalue weighted by molar-refractivity contribution is 7.90. The first-order valence-electron chi connectivity index (χ1n) is 13.9. The number of amides is 1. The monoisotopic (exact) mass is 634 g/mol. The van der Waals surface area contributed by atoms with Crippen LogP contribution >= 0.6 is 11.6 Å². The molecule has 0 saturated carbocycles. The molecule has 0 spiro atoms. The van der Waals surface area contributed by atoms with Gasteiger partial charge in [0.1, 0.15) is 11.4 Å². The normalized spacial score (nSPS) is 12.2. The first-order valence-corrected chi connectivity index (χ1v) is 15.7. The van der Waals surface area contributed by atoms with Gasteiger partial charge in [-0.25, -0.2) is 18.2 Å². The van der Waals surface area contributed by atoms with Crippen molar-refractivity contribution in [3.63, 3.8) is 0 Å². The summed E-state index contributed by atoms with van der Waals surface area (Å²) in [4.78, 5) is 22.0. The number of sulfonamides is 1. The van der Waals surface area contributed by atoms with Crippen LogP contribution in [0.5, 0.6) is 5.75 Å². The van der Waals surface area contributed by atoms with Gasteiger partial charge in [-0.3, -0.25) is 4.98 Å². The maximum Gasteiger partial charge on any atom is 0.431 e. The van der Waals surface area contributed by atoms with Crippen LogP contribution < -0.4 is 10.5 Å². The third-order valence-electron chi connectivity index (χ3n) is 6.07. The molecule has 230 valence electrons. The van der Waals surface area contributed by atoms with Crippen molar-refractivity contribution in [2.75, 3.05) is 0 Å². The standard InChI is InChI=1S/C33H35ClN4O5S/c1-22(2)42-27-17-13-24(14-18-27)29-19-23(20-36-30(29)25-11-15-26(34)16-12-25)21-37-31(35)38(32(39)43-33(3,4)5)44(40,41)28-9-7-6-8-10-28/h6-20,22H,21H2,1-5H3,(H2,35,37). The van der Waals surface area contributed by atoms with E-state index in [1.165, 1.54) is 12.1 Å². The summed E-state index contributed by atoms with van der Waals surface area (Å²) in [6.45, 7) is 8.74. The fraction of sp³-hybridized carbons (Fsp3) is 0.242. The molecule has 1 aromatic heterocycles. The molecule has 0 bridgehead atoms. The molecule has 0 atom stereocenters. The summed E-state index contributed by atoms with van der Waals surface area (Å²) in [5.74, 6) is 0.196. The van der Waals surface area contributed by atoms with E-state index in [0.29, 0.717) is 20.6 Å². The summed E-state index contributed by atoms with van der Waals surface area (Å²) in [7, 11) is -4.42. The number of nitrogens with zero attached hydrogens (tertiary/aromatic N) is 3. The number of guanidine groups is 1. The molecule has 3 aromatic carbocycles. The lowest BCUT2D eigenvalue weighted by atomic mass is 9.98. The van der Waals surface area contributed by atoms with Gasteiger partial charge >= 0.3 is 6.09 Å². The van der Waals surface area contributed by atoms with Gasteiger partial charge in [0.05, 0.1) is 23.2 Å². The van der Waals surface area contributed by atoms with Crippen molar-refractivity contribution < 1.29 is 22.7 Å². The zero-order chi connectivity index (χ0) is 32.1. The Hall–Kier alpha value is -4.41. The van der Waals surface area contributed by atoms with Gasteiger partial charge < -0.3 is 15.2 Å². The van der Waals surface area contributed by atoms with Gasteiger partial charge in [0, 0.05) is 22.3 Å². The molecule has 11 heteroatoms. The Morgan fingerprint density at radius 3 is 2.18 bits per heavy atom. The summed E-state index contributed by atoms with van der Waals surface area (Å²) in [5, 5.41) is 0.604. The van der Waals surface area contributed by atoms with Crippen molar-refractivity contribution in [3.05, 3.63) is 102 Å². The molecule has 1 amide bonds. The molecule has 2 N–H and O–H groups in total. The minimum Gasteiger partial charge on any atom is -0.491 e. The molecule has 0 saturated heterocycles. The molecule has 0 aliphatic rings. The Bertz CT molecular complexity index is 1740. The van der Waals surface area contributed by atoms with E-state index in [9.17, 15) is 13.2 Å². The number of pyridine rings is 1. The topological polar surface area (TPSA) is 124 Å². The Balaban J connectivity index is 1.73. The number of aromatic nitrogens is 1. The highest BCUT2D eigenvalue weighted by Gasteiger charge is 2.36. The van der Waals surface area contributed by atoms with Crippen molar-refractivity contribution >= 4 is 33.7 Å². The van der Waals surface area contributed by atoms with E-state index < -0.39 is 27.7 Å². The van der Waals surface area contributed by atoms with Crippen molar-refractivity contribution in [2.45, 2.75) is 57.8 Å². The third-order valence-corrected chi connectivity index (χ3v) is 8.01. The molecular weight excluding hydrogens is 600 g/mol. The van der Waals surface area contributed by atoms with Crippen LogP contribution in [0.2, 0.25) is 5.02 Å². The average molecular weight is 635 g/mol. The number of carbonyl (C=O) groups is 1. The maximum absolute atomic E-state index is 13.5. The van der Waals surface area contributed by atoms with Crippen LogP contribution in [0.4, 0.5) is 4.79 Å². The lowest BCUT2D eigenvalue weighted by Gasteiger charge is -2.26. The number of aliphatic imine (C=N–C) groups is 1. The van der Waals surface area contributed by atoms with Crippen LogP contribution in [-0.4, -0.2) is 41.5 Å². The zero-order valence-corrected chi connectivity index (χ0v) is 26.8. The van der Waals surface area contributed by atoms with Gasteiger partial charge in [-0.05, 0) is 88.2 Å². The van der Waals surface area contributed by atoms with E-state index >= 15 is 0 Å². The van der Waals surface area contributed by atoms with E-state index in [2.05, 4.69) is 4.99 Å². The second kappa shape index (κ2) is 13.5. The van der Waals surface area contributed by atoms with E-state index in [1.54, 1.807) is 57.3 Å². The average Bonchev–Trinajstić information content (AvgIpc) is 2.96. The van der Waals surface area contributed by atoms with Crippen LogP contribution in [0.25, 0.3) is 22.4 Å². The van der Waals surface area contributed by atoms with Gasteiger partial charge in [-0.2, -0.15) is 0 Å². The van der Waals surface area contributed by atoms with Crippen LogP contribution in [0.3, 0.4) is 0 Å². The summed E-state index contributed by atoms with van der Waals surface area (Å²) in [5.41, 5.74) is 9.09. The van der Waals surface area contributed by atoms with Gasteiger partial charge in [0.2, 0.25) is 5.96 Å². The third kappa shape index (κ3) is 8.15. The van der Waals surface area contributed by atoms with Gasteiger partial charge in [-0.1, -0.05) is 54.1 Å². The SMILES string of the molecule is CC(C)Oc1ccc(-c2cc(CN=C(N)N(C(=O)OC(C)(C)C)S(=O)(=O)c3ccccc3)cnc2-c2ccc(Cl)cc2)cc1. The molecule has 44 heavy (non-hydrogen) atoms. The van der Waals surface area contributed by atoms with Crippen molar-refractivity contribution in [1.29, 1.82) is 0 Å². The molecule has 9 nitrogen and oxygen atoms in total. The first-order chi connectivity index (χ1) is 20.7. The van der Waals surface area contributed by atoms with Crippen LogP contribution in [0.1, 0.15) is 40.2 Å². The predicted molar refractivity (Wildman–Crippen MR) is 173 cm³/mol. The predicted octanol–water partition coefficient (Wildman–Crippen LogP) is 7.30. The molecule has 4 aromatic rings. The largest absolute Gasteiger partial charge is 0.491 e. The first kappa shape index (κ1) is 32.5. The van der Waals surface area contributed by atoms with E-state index in [-0.39, 0.29) is 17.5 Å². The number of carbonyl (C=O) groups excluding carboxylic acids is 1. The van der Waals surface area contributed by atoms with Crippen LogP contribution in [0, 0.1) is 0 Å². The van der Waals surface area contributed by atoms with Crippen LogP contribution in [0.15, 0.2) is 101 Å². The summed E-state index contributed by atoms with van der Waals surface area (Å²) >= 11 is 6.12. The fourth-order valence-electron chi connectivity index (χ4n) is 4.19. The maximum atomic E-state index is 13.5. The summed E-state index contributed by atoms with van der Waals surface area (Å²) in [6.07, 6.45) is 0.497. The smallest absolute Gasteiger partial charge is 0.431 e. The highest BCUT2D eigenvalue weighted by Crippen LogP contribution is 2.33. The number of halogens is 1. The molecule has 4 rings (SSSR count). The lowest BCUT2D eigenvalue weighted by molar-refractivity contribution is 0.0462. The number of hydrogen-bond donors (Lipinski definition) is 1. The fourth-order valence-corrected chi connectivity index (χ4v) is 5.57. The quantitative estimate of drug-likeness (QED) is 0.159. The minimum absolute atomic E-state index is 0.0322. The number of ether oxygens (including phenoxy) is 2. The second-order valence-electron chi connectivity index (χ2n) is 11.2. The highest BCUT2D eigenvalue weighted by atomic mass is 35.5. The molecule has 0 unspecified atom stereocenters. The van der Waals surface area contributed by atoms with Crippen molar-refractivity contribution in [3.8, 4) is 28.1 Å². The number of benzene rings is 3. The van der Waals surface area contributed by atoms with Crippen molar-refractivity contribution in [1.82, 2.24) is 9.29 Å². The van der Waals surface area contributed by atoms with E-state index in [4.69, 9.17) is 31.8 Å². The second-order valence-corrected chi connectivity index (χ2v) is 13.4.